The van der Waals surface area contributed by atoms with E-state index in [9.17, 15) is 14.7 Å². The van der Waals surface area contributed by atoms with Crippen molar-refractivity contribution in [2.75, 3.05) is 31.2 Å². The van der Waals surface area contributed by atoms with Gasteiger partial charge in [0.1, 0.15) is 5.54 Å². The van der Waals surface area contributed by atoms with Crippen molar-refractivity contribution < 1.29 is 19.4 Å². The molecular weight excluding hydrogens is 296 g/mol. The average molecular weight is 318 g/mol. The molecule has 1 amide bonds. The first-order valence-electron chi connectivity index (χ1n) is 8.09. The molecule has 23 heavy (non-hydrogen) atoms. The number of hydrogen-bond donors (Lipinski definition) is 2. The number of nitrogens with one attached hydrogen (secondary N) is 1. The van der Waals surface area contributed by atoms with Crippen LogP contribution in [0.15, 0.2) is 24.3 Å². The maximum atomic E-state index is 12.4. The highest BCUT2D eigenvalue weighted by molar-refractivity contribution is 5.98. The van der Waals surface area contributed by atoms with Crippen LogP contribution in [0.2, 0.25) is 0 Å². The number of nitrogens with zero attached hydrogens (tertiary/aromatic N) is 1. The number of carbonyl (C=O) groups excluding carboxylic acids is 1. The second-order valence-electron chi connectivity index (χ2n) is 6.19. The van der Waals surface area contributed by atoms with Crippen LogP contribution in [0.1, 0.15) is 36.0 Å². The summed E-state index contributed by atoms with van der Waals surface area (Å²) in [4.78, 5) is 26.1. The quantitative estimate of drug-likeness (QED) is 0.882. The molecule has 2 N–H and O–H groups in total. The number of anilines is 1. The van der Waals surface area contributed by atoms with Crippen molar-refractivity contribution in [3.05, 3.63) is 29.8 Å². The van der Waals surface area contributed by atoms with Gasteiger partial charge in [0.15, 0.2) is 0 Å². The molecule has 1 heterocycles. The molecule has 124 valence electrons. The molecule has 1 saturated heterocycles. The molecule has 0 atom stereocenters. The van der Waals surface area contributed by atoms with Gasteiger partial charge in [-0.15, -0.1) is 0 Å². The zero-order valence-corrected chi connectivity index (χ0v) is 13.1. The van der Waals surface area contributed by atoms with Gasteiger partial charge in [-0.2, -0.15) is 0 Å². The molecule has 6 heteroatoms. The monoisotopic (exact) mass is 318 g/mol. The van der Waals surface area contributed by atoms with Crippen LogP contribution in [0.25, 0.3) is 0 Å². The van der Waals surface area contributed by atoms with E-state index in [2.05, 4.69) is 10.2 Å². The Morgan fingerprint density at radius 3 is 2.26 bits per heavy atom. The number of hydrogen-bond acceptors (Lipinski definition) is 4. The van der Waals surface area contributed by atoms with Crippen LogP contribution in [0.4, 0.5) is 5.69 Å². The van der Waals surface area contributed by atoms with Gasteiger partial charge in [0.25, 0.3) is 5.91 Å². The van der Waals surface area contributed by atoms with E-state index in [1.807, 2.05) is 12.1 Å². The van der Waals surface area contributed by atoms with Gasteiger partial charge < -0.3 is 20.1 Å². The summed E-state index contributed by atoms with van der Waals surface area (Å²) in [5, 5.41) is 12.2. The molecule has 1 aliphatic carbocycles. The van der Waals surface area contributed by atoms with Crippen molar-refractivity contribution in [1.29, 1.82) is 0 Å². The van der Waals surface area contributed by atoms with Crippen molar-refractivity contribution in [1.82, 2.24) is 5.32 Å². The third-order valence-corrected chi connectivity index (χ3v) is 4.73. The predicted molar refractivity (Wildman–Crippen MR) is 85.8 cm³/mol. The largest absolute Gasteiger partial charge is 0.480 e. The van der Waals surface area contributed by atoms with Crippen molar-refractivity contribution in [2.24, 2.45) is 0 Å². The molecule has 2 aliphatic rings. The molecule has 1 aromatic rings. The van der Waals surface area contributed by atoms with Gasteiger partial charge in [0.2, 0.25) is 0 Å². The summed E-state index contributed by atoms with van der Waals surface area (Å²) in [6.07, 6.45) is 2.67. The molecule has 1 aliphatic heterocycles. The van der Waals surface area contributed by atoms with Crippen molar-refractivity contribution in [3.63, 3.8) is 0 Å². The molecule has 6 nitrogen and oxygen atoms in total. The number of aliphatic carboxylic acids is 1. The molecule has 0 bridgehead atoms. The van der Waals surface area contributed by atoms with Gasteiger partial charge in [-0.25, -0.2) is 4.79 Å². The number of amides is 1. The lowest BCUT2D eigenvalue weighted by molar-refractivity contribution is -0.144. The third kappa shape index (κ3) is 3.32. The number of ether oxygens (including phenoxy) is 1. The molecule has 1 saturated carbocycles. The lowest BCUT2D eigenvalue weighted by Gasteiger charge is -2.29. The predicted octanol–water partition coefficient (Wildman–Crippen LogP) is 1.65. The van der Waals surface area contributed by atoms with Crippen LogP contribution in [0.3, 0.4) is 0 Å². The zero-order chi connectivity index (χ0) is 16.3. The molecule has 0 spiro atoms. The van der Waals surface area contributed by atoms with Crippen molar-refractivity contribution in [2.45, 2.75) is 31.2 Å². The van der Waals surface area contributed by atoms with Crippen molar-refractivity contribution in [3.8, 4) is 0 Å². The second-order valence-corrected chi connectivity index (χ2v) is 6.19. The van der Waals surface area contributed by atoms with Gasteiger partial charge in [0, 0.05) is 24.3 Å². The second kappa shape index (κ2) is 6.58. The molecule has 0 aromatic heterocycles. The van der Waals surface area contributed by atoms with Gasteiger partial charge >= 0.3 is 5.97 Å². The minimum atomic E-state index is -1.10. The number of carboxylic acids is 1. The van der Waals surface area contributed by atoms with Gasteiger partial charge in [-0.05, 0) is 37.1 Å². The summed E-state index contributed by atoms with van der Waals surface area (Å²) >= 11 is 0. The van der Waals surface area contributed by atoms with E-state index in [-0.39, 0.29) is 5.91 Å². The fourth-order valence-corrected chi connectivity index (χ4v) is 3.31. The number of benzene rings is 1. The minimum Gasteiger partial charge on any atom is -0.480 e. The Bertz CT molecular complexity index is 573. The third-order valence-electron chi connectivity index (χ3n) is 4.73. The number of rotatable bonds is 4. The molecular formula is C17H22N2O4. The van der Waals surface area contributed by atoms with E-state index in [0.29, 0.717) is 31.6 Å². The first kappa shape index (κ1) is 15.8. The zero-order valence-electron chi connectivity index (χ0n) is 13.1. The van der Waals surface area contributed by atoms with E-state index in [1.165, 1.54) is 0 Å². The van der Waals surface area contributed by atoms with Crippen LogP contribution in [0.5, 0.6) is 0 Å². The number of carboxylic acid groups (broad SMARTS) is 1. The van der Waals surface area contributed by atoms with Crippen LogP contribution < -0.4 is 10.2 Å². The normalized spacial score (nSPS) is 20.3. The van der Waals surface area contributed by atoms with E-state index in [1.54, 1.807) is 12.1 Å². The maximum Gasteiger partial charge on any atom is 0.329 e. The topological polar surface area (TPSA) is 78.9 Å². The lowest BCUT2D eigenvalue weighted by Crippen LogP contribution is -2.52. The standard InChI is InChI=1S/C17H22N2O4/c20-15(18-17(16(21)22)7-1-2-8-17)13-3-5-14(6-4-13)19-9-11-23-12-10-19/h3-6H,1-2,7-12H2,(H,18,20)(H,21,22). The van der Waals surface area contributed by atoms with Gasteiger partial charge in [0.05, 0.1) is 13.2 Å². The Hall–Kier alpha value is -2.08. The SMILES string of the molecule is O=C(NC1(C(=O)O)CCCC1)c1ccc(N2CCOCC2)cc1. The van der Waals surface area contributed by atoms with Gasteiger partial charge in [-0.1, -0.05) is 12.8 Å². The lowest BCUT2D eigenvalue weighted by atomic mass is 9.97. The Morgan fingerprint density at radius 2 is 1.70 bits per heavy atom. The fraction of sp³-hybridized carbons (Fsp3) is 0.529. The smallest absolute Gasteiger partial charge is 0.329 e. The Kier molecular flexibility index (Phi) is 4.52. The summed E-state index contributed by atoms with van der Waals surface area (Å²) < 4.78 is 5.33. The fourth-order valence-electron chi connectivity index (χ4n) is 3.31. The van der Waals surface area contributed by atoms with Crippen molar-refractivity contribution >= 4 is 17.6 Å². The highest BCUT2D eigenvalue weighted by Gasteiger charge is 2.42. The first-order chi connectivity index (χ1) is 11.1. The Balaban J connectivity index is 1.69. The minimum absolute atomic E-state index is 0.317. The van der Waals surface area contributed by atoms with Crippen LogP contribution in [0, 0.1) is 0 Å². The Morgan fingerprint density at radius 1 is 1.09 bits per heavy atom. The summed E-state index contributed by atoms with van der Waals surface area (Å²) in [7, 11) is 0. The number of carbonyl (C=O) groups is 2. The highest BCUT2D eigenvalue weighted by atomic mass is 16.5. The van der Waals surface area contributed by atoms with Crippen LogP contribution in [-0.2, 0) is 9.53 Å². The molecule has 1 aromatic carbocycles. The maximum absolute atomic E-state index is 12.4. The van der Waals surface area contributed by atoms with E-state index in [0.717, 1.165) is 31.6 Å². The van der Waals surface area contributed by atoms with E-state index < -0.39 is 11.5 Å². The average Bonchev–Trinajstić information content (AvgIpc) is 3.06. The number of morpholine rings is 1. The molecule has 2 fully saturated rings. The summed E-state index contributed by atoms with van der Waals surface area (Å²) in [6, 6.07) is 7.32. The molecule has 3 rings (SSSR count). The Labute approximate surface area is 135 Å². The van der Waals surface area contributed by atoms with Crippen LogP contribution >= 0.6 is 0 Å². The summed E-state index contributed by atoms with van der Waals surface area (Å²) in [6.45, 7) is 3.11. The van der Waals surface area contributed by atoms with E-state index in [4.69, 9.17) is 4.74 Å². The van der Waals surface area contributed by atoms with E-state index >= 15 is 0 Å². The molecule has 0 unspecified atom stereocenters. The summed E-state index contributed by atoms with van der Waals surface area (Å²) in [5.41, 5.74) is 0.452. The van der Waals surface area contributed by atoms with Crippen LogP contribution in [-0.4, -0.2) is 48.8 Å². The summed E-state index contributed by atoms with van der Waals surface area (Å²) in [5.74, 6) is -1.25. The highest BCUT2D eigenvalue weighted by Crippen LogP contribution is 2.30. The van der Waals surface area contributed by atoms with Gasteiger partial charge in [-0.3, -0.25) is 4.79 Å². The first-order valence-corrected chi connectivity index (χ1v) is 8.09. The molecule has 0 radical (unpaired) electrons.